The predicted octanol–water partition coefficient (Wildman–Crippen LogP) is 2.04. The minimum absolute atomic E-state index is 0.276. The number of hydrogen-bond donors (Lipinski definition) is 1. The van der Waals surface area contributed by atoms with Crippen molar-refractivity contribution in [3.05, 3.63) is 11.8 Å². The van der Waals surface area contributed by atoms with Crippen molar-refractivity contribution in [2.75, 3.05) is 0 Å². The zero-order chi connectivity index (χ0) is 6.91. The maximum absolute atomic E-state index is 5.77. The van der Waals surface area contributed by atoms with Crippen LogP contribution in [0.3, 0.4) is 0 Å². The van der Waals surface area contributed by atoms with Gasteiger partial charge < -0.3 is 5.73 Å². The van der Waals surface area contributed by atoms with Gasteiger partial charge in [0.1, 0.15) is 0 Å². The smallest absolute Gasteiger partial charge is 0.00973 e. The van der Waals surface area contributed by atoms with E-state index in [0.29, 0.717) is 0 Å². The molecular weight excluding hydrogens is 110 g/mol. The molecule has 9 heavy (non-hydrogen) atoms. The van der Waals surface area contributed by atoms with Crippen LogP contribution in [0.4, 0.5) is 0 Å². The van der Waals surface area contributed by atoms with Crippen molar-refractivity contribution in [1.29, 1.82) is 0 Å². The van der Waals surface area contributed by atoms with Gasteiger partial charge in [-0.05, 0) is 19.3 Å². The molecule has 0 fully saturated rings. The van der Waals surface area contributed by atoms with Gasteiger partial charge in [0.15, 0.2) is 0 Å². The van der Waals surface area contributed by atoms with Crippen molar-refractivity contribution in [3.63, 3.8) is 0 Å². The van der Waals surface area contributed by atoms with Gasteiger partial charge in [0.25, 0.3) is 0 Å². The monoisotopic (exact) mass is 125 g/mol. The number of allylic oxidation sites excluding steroid dienone is 2. The fourth-order valence-corrected chi connectivity index (χ4v) is 1.22. The molecular formula is C8H15N. The summed E-state index contributed by atoms with van der Waals surface area (Å²) < 4.78 is 0. The van der Waals surface area contributed by atoms with Gasteiger partial charge in [-0.15, -0.1) is 0 Å². The van der Waals surface area contributed by atoms with Crippen molar-refractivity contribution in [2.45, 2.75) is 33.1 Å². The fourth-order valence-electron chi connectivity index (χ4n) is 1.22. The molecule has 2 N–H and O–H groups in total. The molecule has 0 amide bonds. The maximum Gasteiger partial charge on any atom is 0.00973 e. The van der Waals surface area contributed by atoms with Crippen LogP contribution in [0.2, 0.25) is 0 Å². The van der Waals surface area contributed by atoms with Crippen LogP contribution in [0.25, 0.3) is 0 Å². The minimum atomic E-state index is 0.276. The summed E-state index contributed by atoms with van der Waals surface area (Å²) in [6.07, 6.45) is 5.88. The lowest BCUT2D eigenvalue weighted by Gasteiger charge is -2.28. The zero-order valence-electron chi connectivity index (χ0n) is 6.28. The molecule has 0 aromatic heterocycles. The van der Waals surface area contributed by atoms with Gasteiger partial charge in [-0.25, -0.2) is 0 Å². The van der Waals surface area contributed by atoms with E-state index in [2.05, 4.69) is 19.9 Å². The van der Waals surface area contributed by atoms with E-state index in [-0.39, 0.29) is 5.41 Å². The number of hydrogen-bond acceptors (Lipinski definition) is 1. The Morgan fingerprint density at radius 1 is 1.56 bits per heavy atom. The van der Waals surface area contributed by atoms with Gasteiger partial charge in [-0.1, -0.05) is 19.9 Å². The second kappa shape index (κ2) is 2.05. The van der Waals surface area contributed by atoms with Crippen LogP contribution in [0.1, 0.15) is 33.1 Å². The number of nitrogens with two attached hydrogens (primary N) is 1. The van der Waals surface area contributed by atoms with Crippen LogP contribution in [0.5, 0.6) is 0 Å². The molecule has 1 nitrogen and oxygen atoms in total. The third-order valence-corrected chi connectivity index (χ3v) is 2.15. The first-order valence-electron chi connectivity index (χ1n) is 3.59. The quantitative estimate of drug-likeness (QED) is 0.526. The van der Waals surface area contributed by atoms with Gasteiger partial charge in [0.05, 0.1) is 0 Å². The molecule has 0 atom stereocenters. The van der Waals surface area contributed by atoms with E-state index in [1.807, 2.05) is 0 Å². The van der Waals surface area contributed by atoms with E-state index < -0.39 is 0 Å². The lowest BCUT2D eigenvalue weighted by molar-refractivity contribution is 0.371. The standard InChI is InChI=1S/C8H15N/c1-8(2)6-4-3-5-7(8)9/h5H,3-4,6,9H2,1-2H3. The fraction of sp³-hybridized carbons (Fsp3) is 0.750. The normalized spacial score (nSPS) is 25.3. The first-order valence-corrected chi connectivity index (χ1v) is 3.59. The Morgan fingerprint density at radius 3 is 2.56 bits per heavy atom. The molecule has 0 bridgehead atoms. The Kier molecular flexibility index (Phi) is 1.52. The lowest BCUT2D eigenvalue weighted by Crippen LogP contribution is -2.23. The molecule has 0 saturated carbocycles. The Labute approximate surface area is 56.9 Å². The van der Waals surface area contributed by atoms with E-state index in [4.69, 9.17) is 5.73 Å². The average molecular weight is 125 g/mol. The highest BCUT2D eigenvalue weighted by atomic mass is 14.6. The first kappa shape index (κ1) is 6.66. The molecule has 0 heterocycles. The molecule has 0 aromatic carbocycles. The highest BCUT2D eigenvalue weighted by Crippen LogP contribution is 2.32. The summed E-state index contributed by atoms with van der Waals surface area (Å²) in [7, 11) is 0. The highest BCUT2D eigenvalue weighted by molar-refractivity contribution is 5.10. The van der Waals surface area contributed by atoms with Gasteiger partial charge in [0.2, 0.25) is 0 Å². The largest absolute Gasteiger partial charge is 0.402 e. The van der Waals surface area contributed by atoms with Crippen molar-refractivity contribution in [1.82, 2.24) is 0 Å². The van der Waals surface area contributed by atoms with Crippen molar-refractivity contribution < 1.29 is 0 Å². The van der Waals surface area contributed by atoms with Crippen molar-refractivity contribution in [2.24, 2.45) is 11.1 Å². The third kappa shape index (κ3) is 1.26. The molecule has 0 saturated heterocycles. The Balaban J connectivity index is 2.73. The predicted molar refractivity (Wildman–Crippen MR) is 39.9 cm³/mol. The molecule has 0 radical (unpaired) electrons. The zero-order valence-corrected chi connectivity index (χ0v) is 6.28. The summed E-state index contributed by atoms with van der Waals surface area (Å²) in [6, 6.07) is 0. The molecule has 0 aromatic rings. The molecule has 0 spiro atoms. The van der Waals surface area contributed by atoms with Crippen LogP contribution < -0.4 is 5.73 Å². The van der Waals surface area contributed by atoms with Crippen LogP contribution >= 0.6 is 0 Å². The first-order chi connectivity index (χ1) is 4.13. The summed E-state index contributed by atoms with van der Waals surface area (Å²) in [5, 5.41) is 0. The molecule has 0 unspecified atom stereocenters. The van der Waals surface area contributed by atoms with Gasteiger partial charge >= 0.3 is 0 Å². The molecule has 1 rings (SSSR count). The van der Waals surface area contributed by atoms with Crippen LogP contribution in [0.15, 0.2) is 11.8 Å². The molecule has 1 aliphatic carbocycles. The Hall–Kier alpha value is -0.460. The van der Waals surface area contributed by atoms with Crippen LogP contribution in [-0.2, 0) is 0 Å². The van der Waals surface area contributed by atoms with Crippen LogP contribution in [0, 0.1) is 5.41 Å². The molecule has 1 aliphatic rings. The highest BCUT2D eigenvalue weighted by Gasteiger charge is 2.22. The van der Waals surface area contributed by atoms with E-state index in [0.717, 1.165) is 5.70 Å². The SMILES string of the molecule is CC1(C)CCCC=C1N. The molecule has 0 aliphatic heterocycles. The summed E-state index contributed by atoms with van der Waals surface area (Å²) in [6.45, 7) is 4.41. The maximum atomic E-state index is 5.77. The second-order valence-corrected chi connectivity index (χ2v) is 3.44. The minimum Gasteiger partial charge on any atom is -0.402 e. The molecule has 1 heteroatoms. The number of rotatable bonds is 0. The topological polar surface area (TPSA) is 26.0 Å². The van der Waals surface area contributed by atoms with Crippen molar-refractivity contribution in [3.8, 4) is 0 Å². The van der Waals surface area contributed by atoms with E-state index in [1.54, 1.807) is 0 Å². The summed E-state index contributed by atoms with van der Waals surface area (Å²) in [4.78, 5) is 0. The van der Waals surface area contributed by atoms with E-state index >= 15 is 0 Å². The average Bonchev–Trinajstić information content (AvgIpc) is 1.77. The van der Waals surface area contributed by atoms with Gasteiger partial charge in [-0.2, -0.15) is 0 Å². The summed E-state index contributed by atoms with van der Waals surface area (Å²) >= 11 is 0. The summed E-state index contributed by atoms with van der Waals surface area (Å²) in [5.41, 5.74) is 7.13. The van der Waals surface area contributed by atoms with E-state index in [1.165, 1.54) is 19.3 Å². The van der Waals surface area contributed by atoms with Gasteiger partial charge in [-0.3, -0.25) is 0 Å². The Bertz CT molecular complexity index is 134. The third-order valence-electron chi connectivity index (χ3n) is 2.15. The van der Waals surface area contributed by atoms with E-state index in [9.17, 15) is 0 Å². The molecule has 52 valence electrons. The summed E-state index contributed by atoms with van der Waals surface area (Å²) in [5.74, 6) is 0. The lowest BCUT2D eigenvalue weighted by atomic mass is 9.80. The van der Waals surface area contributed by atoms with Crippen molar-refractivity contribution >= 4 is 0 Å². The van der Waals surface area contributed by atoms with Gasteiger partial charge in [0, 0.05) is 11.1 Å². The van der Waals surface area contributed by atoms with Crippen LogP contribution in [-0.4, -0.2) is 0 Å². The second-order valence-electron chi connectivity index (χ2n) is 3.44. The Morgan fingerprint density at radius 2 is 2.22 bits per heavy atom.